The van der Waals surface area contributed by atoms with Crippen molar-refractivity contribution in [1.29, 1.82) is 0 Å². The van der Waals surface area contributed by atoms with Crippen molar-refractivity contribution in [2.75, 3.05) is 6.54 Å². The van der Waals surface area contributed by atoms with Crippen LogP contribution in [0.4, 0.5) is 0 Å². The van der Waals surface area contributed by atoms with E-state index in [0.29, 0.717) is 25.4 Å². The minimum atomic E-state index is -0.470. The molecule has 1 fully saturated rings. The molecule has 1 unspecified atom stereocenters. The van der Waals surface area contributed by atoms with Crippen molar-refractivity contribution in [3.8, 4) is 0 Å². The van der Waals surface area contributed by atoms with Crippen LogP contribution in [0.25, 0.3) is 0 Å². The molecule has 1 atom stereocenters. The van der Waals surface area contributed by atoms with Crippen molar-refractivity contribution in [3.63, 3.8) is 0 Å². The lowest BCUT2D eigenvalue weighted by molar-refractivity contribution is -0.135. The Morgan fingerprint density at radius 2 is 2.10 bits per heavy atom. The second-order valence-electron chi connectivity index (χ2n) is 5.55. The van der Waals surface area contributed by atoms with Crippen LogP contribution in [0, 0.1) is 19.8 Å². The SMILES string of the molecule is Cc1nc(CN2CCC(=O)NC(C(C)C)C2=O)oc1C. The van der Waals surface area contributed by atoms with Crippen LogP contribution in [0.3, 0.4) is 0 Å². The zero-order valence-corrected chi connectivity index (χ0v) is 12.4. The maximum Gasteiger partial charge on any atom is 0.245 e. The number of hydrogen-bond donors (Lipinski definition) is 1. The summed E-state index contributed by atoms with van der Waals surface area (Å²) in [5.74, 6) is 1.18. The lowest BCUT2D eigenvalue weighted by atomic mass is 10.0. The summed E-state index contributed by atoms with van der Waals surface area (Å²) in [5.41, 5.74) is 0.830. The van der Waals surface area contributed by atoms with Crippen LogP contribution in [0.5, 0.6) is 0 Å². The molecular weight excluding hydrogens is 258 g/mol. The quantitative estimate of drug-likeness (QED) is 0.901. The first-order valence-electron chi connectivity index (χ1n) is 6.89. The van der Waals surface area contributed by atoms with E-state index >= 15 is 0 Å². The van der Waals surface area contributed by atoms with Gasteiger partial charge in [-0.2, -0.15) is 0 Å². The molecular formula is C14H21N3O3. The first-order valence-corrected chi connectivity index (χ1v) is 6.89. The minimum Gasteiger partial charge on any atom is -0.444 e. The number of aromatic nitrogens is 1. The smallest absolute Gasteiger partial charge is 0.245 e. The van der Waals surface area contributed by atoms with Gasteiger partial charge in [0, 0.05) is 13.0 Å². The summed E-state index contributed by atoms with van der Waals surface area (Å²) < 4.78 is 5.52. The largest absolute Gasteiger partial charge is 0.444 e. The summed E-state index contributed by atoms with van der Waals surface area (Å²) in [4.78, 5) is 30.1. The van der Waals surface area contributed by atoms with Gasteiger partial charge in [0.1, 0.15) is 11.8 Å². The third-order valence-corrected chi connectivity index (χ3v) is 3.57. The highest BCUT2D eigenvalue weighted by Gasteiger charge is 2.32. The van der Waals surface area contributed by atoms with E-state index in [1.165, 1.54) is 0 Å². The third kappa shape index (κ3) is 3.00. The van der Waals surface area contributed by atoms with E-state index in [9.17, 15) is 9.59 Å². The third-order valence-electron chi connectivity index (χ3n) is 3.57. The molecule has 1 saturated heterocycles. The Morgan fingerprint density at radius 3 is 2.65 bits per heavy atom. The van der Waals surface area contributed by atoms with Gasteiger partial charge in [0.15, 0.2) is 0 Å². The fourth-order valence-electron chi connectivity index (χ4n) is 2.23. The molecule has 1 aromatic rings. The molecule has 1 N–H and O–H groups in total. The Hall–Kier alpha value is -1.85. The van der Waals surface area contributed by atoms with Crippen molar-refractivity contribution in [3.05, 3.63) is 17.3 Å². The Kier molecular flexibility index (Phi) is 4.11. The van der Waals surface area contributed by atoms with Gasteiger partial charge in [0.2, 0.25) is 17.7 Å². The maximum absolute atomic E-state index is 12.5. The molecule has 6 nitrogen and oxygen atoms in total. The van der Waals surface area contributed by atoms with Crippen molar-refractivity contribution in [1.82, 2.24) is 15.2 Å². The number of nitrogens with zero attached hydrogens (tertiary/aromatic N) is 2. The molecule has 110 valence electrons. The fraction of sp³-hybridized carbons (Fsp3) is 0.643. The van der Waals surface area contributed by atoms with Crippen LogP contribution >= 0.6 is 0 Å². The summed E-state index contributed by atoms with van der Waals surface area (Å²) in [6, 6.07) is -0.470. The molecule has 0 saturated carbocycles. The van der Waals surface area contributed by atoms with Crippen LogP contribution in [0.1, 0.15) is 37.6 Å². The summed E-state index contributed by atoms with van der Waals surface area (Å²) in [5, 5.41) is 2.78. The highest BCUT2D eigenvalue weighted by Crippen LogP contribution is 2.15. The van der Waals surface area contributed by atoms with Gasteiger partial charge in [0.05, 0.1) is 12.2 Å². The Balaban J connectivity index is 2.16. The summed E-state index contributed by atoms with van der Waals surface area (Å²) in [6.45, 7) is 8.27. The molecule has 0 aliphatic carbocycles. The number of aryl methyl sites for hydroxylation is 2. The Labute approximate surface area is 118 Å². The van der Waals surface area contributed by atoms with Crippen LogP contribution in [-0.2, 0) is 16.1 Å². The topological polar surface area (TPSA) is 75.4 Å². The van der Waals surface area contributed by atoms with E-state index < -0.39 is 6.04 Å². The van der Waals surface area contributed by atoms with Crippen LogP contribution in [-0.4, -0.2) is 34.3 Å². The summed E-state index contributed by atoms with van der Waals surface area (Å²) in [7, 11) is 0. The second kappa shape index (κ2) is 5.64. The lowest BCUT2D eigenvalue weighted by Crippen LogP contribution is -2.47. The van der Waals surface area contributed by atoms with Crippen molar-refractivity contribution in [2.24, 2.45) is 5.92 Å². The monoisotopic (exact) mass is 279 g/mol. The lowest BCUT2D eigenvalue weighted by Gasteiger charge is -2.24. The van der Waals surface area contributed by atoms with Crippen LogP contribution in [0.15, 0.2) is 4.42 Å². The molecule has 6 heteroatoms. The fourth-order valence-corrected chi connectivity index (χ4v) is 2.23. The highest BCUT2D eigenvalue weighted by atomic mass is 16.4. The molecule has 2 amide bonds. The van der Waals surface area contributed by atoms with Gasteiger partial charge in [0.25, 0.3) is 0 Å². The van der Waals surface area contributed by atoms with Gasteiger partial charge >= 0.3 is 0 Å². The molecule has 1 aliphatic rings. The zero-order valence-electron chi connectivity index (χ0n) is 12.4. The number of carbonyl (C=O) groups is 2. The Morgan fingerprint density at radius 1 is 1.40 bits per heavy atom. The van der Waals surface area contributed by atoms with E-state index in [-0.39, 0.29) is 17.7 Å². The molecule has 0 bridgehead atoms. The van der Waals surface area contributed by atoms with Gasteiger partial charge in [-0.15, -0.1) is 0 Å². The molecule has 0 spiro atoms. The van der Waals surface area contributed by atoms with Gasteiger partial charge in [-0.25, -0.2) is 4.98 Å². The number of amides is 2. The predicted molar refractivity (Wildman–Crippen MR) is 72.8 cm³/mol. The van der Waals surface area contributed by atoms with Crippen molar-refractivity contribution < 1.29 is 14.0 Å². The van der Waals surface area contributed by atoms with Gasteiger partial charge < -0.3 is 14.6 Å². The van der Waals surface area contributed by atoms with Gasteiger partial charge in [-0.3, -0.25) is 9.59 Å². The number of hydrogen-bond acceptors (Lipinski definition) is 4. The average Bonchev–Trinajstić information content (AvgIpc) is 2.61. The van der Waals surface area contributed by atoms with E-state index in [4.69, 9.17) is 4.42 Å². The second-order valence-corrected chi connectivity index (χ2v) is 5.55. The standard InChI is InChI=1S/C14H21N3O3/c1-8(2)13-14(19)17(6-5-11(18)16-13)7-12-15-9(3)10(4)20-12/h8,13H,5-7H2,1-4H3,(H,16,18). The molecule has 20 heavy (non-hydrogen) atoms. The molecule has 1 aromatic heterocycles. The number of nitrogens with one attached hydrogen (secondary N) is 1. The normalized spacial score (nSPS) is 20.2. The van der Waals surface area contributed by atoms with Crippen molar-refractivity contribution in [2.45, 2.75) is 46.7 Å². The van der Waals surface area contributed by atoms with Crippen molar-refractivity contribution >= 4 is 11.8 Å². The van der Waals surface area contributed by atoms with E-state index in [1.54, 1.807) is 4.90 Å². The van der Waals surface area contributed by atoms with E-state index in [1.807, 2.05) is 27.7 Å². The number of rotatable bonds is 3. The highest BCUT2D eigenvalue weighted by molar-refractivity contribution is 5.90. The van der Waals surface area contributed by atoms with Crippen LogP contribution < -0.4 is 5.32 Å². The van der Waals surface area contributed by atoms with Crippen LogP contribution in [0.2, 0.25) is 0 Å². The van der Waals surface area contributed by atoms with E-state index in [0.717, 1.165) is 11.5 Å². The number of carbonyl (C=O) groups excluding carboxylic acids is 2. The first kappa shape index (κ1) is 14.6. The van der Waals surface area contributed by atoms with Gasteiger partial charge in [-0.05, 0) is 19.8 Å². The number of oxazole rings is 1. The first-order chi connectivity index (χ1) is 9.38. The summed E-state index contributed by atoms with van der Waals surface area (Å²) >= 11 is 0. The molecule has 0 aromatic carbocycles. The molecule has 2 heterocycles. The molecule has 1 aliphatic heterocycles. The average molecular weight is 279 g/mol. The van der Waals surface area contributed by atoms with Gasteiger partial charge in [-0.1, -0.05) is 13.8 Å². The molecule has 0 radical (unpaired) electrons. The predicted octanol–water partition coefficient (Wildman–Crippen LogP) is 1.16. The minimum absolute atomic E-state index is 0.0556. The Bertz CT molecular complexity index is 502. The maximum atomic E-state index is 12.5. The zero-order chi connectivity index (χ0) is 14.9. The summed E-state index contributed by atoms with van der Waals surface area (Å²) in [6.07, 6.45) is 0.313. The molecule has 2 rings (SSSR count). The van der Waals surface area contributed by atoms with E-state index in [2.05, 4.69) is 10.3 Å².